The van der Waals surface area contributed by atoms with Crippen molar-refractivity contribution in [2.24, 2.45) is 5.41 Å². The Morgan fingerprint density at radius 3 is 2.61 bits per heavy atom. The zero-order valence-corrected chi connectivity index (χ0v) is 13.5. The standard InChI is InChI=1S/C17H22FN3O2/c1-12(2)19-16(23)20-8-7-17(10-20)9-15(22)21(11-17)14-5-3-13(18)4-6-14/h3-6,12H,7-11H2,1-2H3,(H,19,23)/t17-/m0/s1. The van der Waals surface area contributed by atoms with Gasteiger partial charge in [-0.2, -0.15) is 0 Å². The lowest BCUT2D eigenvalue weighted by atomic mass is 9.86. The van der Waals surface area contributed by atoms with E-state index in [4.69, 9.17) is 0 Å². The van der Waals surface area contributed by atoms with E-state index in [1.807, 2.05) is 13.8 Å². The number of halogens is 1. The molecule has 0 radical (unpaired) electrons. The second kappa shape index (κ2) is 5.83. The summed E-state index contributed by atoms with van der Waals surface area (Å²) in [5.41, 5.74) is 0.540. The fourth-order valence-corrected chi connectivity index (χ4v) is 3.47. The molecule has 0 unspecified atom stereocenters. The largest absolute Gasteiger partial charge is 0.336 e. The number of carbonyl (C=O) groups is 2. The third-order valence-electron chi connectivity index (χ3n) is 4.60. The third-order valence-corrected chi connectivity index (χ3v) is 4.60. The normalized spacial score (nSPS) is 24.1. The van der Waals surface area contributed by atoms with Gasteiger partial charge in [0, 0.05) is 43.2 Å². The molecular weight excluding hydrogens is 297 g/mol. The van der Waals surface area contributed by atoms with Crippen LogP contribution in [0.2, 0.25) is 0 Å². The highest BCUT2D eigenvalue weighted by Gasteiger charge is 2.48. The van der Waals surface area contributed by atoms with Crippen LogP contribution in [0, 0.1) is 11.2 Å². The van der Waals surface area contributed by atoms with Crippen LogP contribution in [0.15, 0.2) is 24.3 Å². The summed E-state index contributed by atoms with van der Waals surface area (Å²) in [5.74, 6) is -0.268. The van der Waals surface area contributed by atoms with Crippen LogP contribution in [0.4, 0.5) is 14.9 Å². The Morgan fingerprint density at radius 2 is 1.96 bits per heavy atom. The van der Waals surface area contributed by atoms with Crippen molar-refractivity contribution >= 4 is 17.6 Å². The van der Waals surface area contributed by atoms with E-state index in [-0.39, 0.29) is 29.2 Å². The molecule has 2 fully saturated rings. The number of rotatable bonds is 2. The first kappa shape index (κ1) is 15.8. The number of nitrogens with zero attached hydrogens (tertiary/aromatic N) is 2. The van der Waals surface area contributed by atoms with E-state index in [0.717, 1.165) is 12.1 Å². The summed E-state index contributed by atoms with van der Waals surface area (Å²) in [6, 6.07) is 6.02. The summed E-state index contributed by atoms with van der Waals surface area (Å²) in [7, 11) is 0. The maximum atomic E-state index is 13.1. The summed E-state index contributed by atoms with van der Waals surface area (Å²) in [4.78, 5) is 28.0. The SMILES string of the molecule is CC(C)NC(=O)N1CC[C@]2(CC(=O)N(c3ccc(F)cc3)C2)C1. The average molecular weight is 319 g/mol. The van der Waals surface area contributed by atoms with Gasteiger partial charge in [-0.15, -0.1) is 0 Å². The Labute approximate surface area is 135 Å². The van der Waals surface area contributed by atoms with Gasteiger partial charge in [0.05, 0.1) is 0 Å². The molecule has 2 aliphatic heterocycles. The van der Waals surface area contributed by atoms with Crippen LogP contribution in [0.1, 0.15) is 26.7 Å². The van der Waals surface area contributed by atoms with E-state index in [2.05, 4.69) is 5.32 Å². The summed E-state index contributed by atoms with van der Waals surface area (Å²) in [5, 5.41) is 2.90. The van der Waals surface area contributed by atoms with Crippen molar-refractivity contribution in [1.82, 2.24) is 10.2 Å². The van der Waals surface area contributed by atoms with E-state index >= 15 is 0 Å². The lowest BCUT2D eigenvalue weighted by molar-refractivity contribution is -0.117. The number of hydrogen-bond acceptors (Lipinski definition) is 2. The molecule has 0 bridgehead atoms. The highest BCUT2D eigenvalue weighted by Crippen LogP contribution is 2.41. The van der Waals surface area contributed by atoms with Crippen molar-refractivity contribution in [3.8, 4) is 0 Å². The third kappa shape index (κ3) is 3.16. The van der Waals surface area contributed by atoms with E-state index in [0.29, 0.717) is 26.1 Å². The molecule has 2 heterocycles. The van der Waals surface area contributed by atoms with E-state index in [9.17, 15) is 14.0 Å². The first-order chi connectivity index (χ1) is 10.9. The molecular formula is C17H22FN3O2. The Bertz CT molecular complexity index is 617. The quantitative estimate of drug-likeness (QED) is 0.910. The second-order valence-corrected chi connectivity index (χ2v) is 6.91. The summed E-state index contributed by atoms with van der Waals surface area (Å²) >= 11 is 0. The van der Waals surface area contributed by atoms with Crippen molar-refractivity contribution in [1.29, 1.82) is 0 Å². The highest BCUT2D eigenvalue weighted by molar-refractivity contribution is 5.96. The summed E-state index contributed by atoms with van der Waals surface area (Å²) in [6.45, 7) is 5.71. The van der Waals surface area contributed by atoms with Crippen LogP contribution in [-0.4, -0.2) is 42.5 Å². The van der Waals surface area contributed by atoms with E-state index in [1.54, 1.807) is 21.9 Å². The van der Waals surface area contributed by atoms with Crippen LogP contribution in [0.25, 0.3) is 0 Å². The molecule has 0 aromatic heterocycles. The first-order valence-electron chi connectivity index (χ1n) is 8.00. The lowest BCUT2D eigenvalue weighted by Crippen LogP contribution is -2.43. The monoisotopic (exact) mass is 319 g/mol. The van der Waals surface area contributed by atoms with Gasteiger partial charge in [0.1, 0.15) is 5.82 Å². The van der Waals surface area contributed by atoms with Gasteiger partial charge < -0.3 is 15.1 Å². The number of nitrogens with one attached hydrogen (secondary N) is 1. The molecule has 3 rings (SSSR count). The van der Waals surface area contributed by atoms with Crippen molar-refractivity contribution in [2.75, 3.05) is 24.5 Å². The molecule has 1 atom stereocenters. The van der Waals surface area contributed by atoms with Crippen LogP contribution in [-0.2, 0) is 4.79 Å². The molecule has 3 amide bonds. The van der Waals surface area contributed by atoms with Crippen LogP contribution < -0.4 is 10.2 Å². The molecule has 1 N–H and O–H groups in total. The molecule has 1 aromatic carbocycles. The van der Waals surface area contributed by atoms with E-state index in [1.165, 1.54) is 12.1 Å². The maximum absolute atomic E-state index is 13.1. The second-order valence-electron chi connectivity index (χ2n) is 6.91. The molecule has 23 heavy (non-hydrogen) atoms. The van der Waals surface area contributed by atoms with Crippen molar-refractivity contribution in [3.63, 3.8) is 0 Å². The van der Waals surface area contributed by atoms with Gasteiger partial charge in [-0.1, -0.05) is 0 Å². The minimum atomic E-state index is -0.312. The van der Waals surface area contributed by atoms with Gasteiger partial charge in [0.2, 0.25) is 5.91 Å². The fourth-order valence-electron chi connectivity index (χ4n) is 3.47. The molecule has 0 aliphatic carbocycles. The van der Waals surface area contributed by atoms with E-state index < -0.39 is 0 Å². The predicted molar refractivity (Wildman–Crippen MR) is 85.7 cm³/mol. The zero-order chi connectivity index (χ0) is 16.6. The number of benzene rings is 1. The molecule has 1 aromatic rings. The number of carbonyl (C=O) groups excluding carboxylic acids is 2. The molecule has 0 saturated carbocycles. The Hall–Kier alpha value is -2.11. The zero-order valence-electron chi connectivity index (χ0n) is 13.5. The molecule has 124 valence electrons. The Balaban J connectivity index is 1.70. The summed E-state index contributed by atoms with van der Waals surface area (Å²) < 4.78 is 13.1. The highest BCUT2D eigenvalue weighted by atomic mass is 19.1. The average Bonchev–Trinajstić information content (AvgIpc) is 3.03. The number of urea groups is 1. The number of hydrogen-bond donors (Lipinski definition) is 1. The molecule has 1 spiro atoms. The Kier molecular flexibility index (Phi) is 4.00. The molecule has 5 nitrogen and oxygen atoms in total. The number of amides is 3. The molecule has 6 heteroatoms. The van der Waals surface area contributed by atoms with Crippen LogP contribution in [0.3, 0.4) is 0 Å². The molecule has 2 saturated heterocycles. The van der Waals surface area contributed by atoms with Gasteiger partial charge in [-0.05, 0) is 44.5 Å². The van der Waals surface area contributed by atoms with Gasteiger partial charge in [0.25, 0.3) is 0 Å². The van der Waals surface area contributed by atoms with Crippen LogP contribution >= 0.6 is 0 Å². The summed E-state index contributed by atoms with van der Waals surface area (Å²) in [6.07, 6.45) is 1.26. The minimum Gasteiger partial charge on any atom is -0.336 e. The maximum Gasteiger partial charge on any atom is 0.317 e. The van der Waals surface area contributed by atoms with Gasteiger partial charge in [-0.3, -0.25) is 4.79 Å². The lowest BCUT2D eigenvalue weighted by Gasteiger charge is -2.25. The van der Waals surface area contributed by atoms with Gasteiger partial charge in [0.15, 0.2) is 0 Å². The van der Waals surface area contributed by atoms with Gasteiger partial charge >= 0.3 is 6.03 Å². The van der Waals surface area contributed by atoms with Crippen molar-refractivity contribution in [2.45, 2.75) is 32.7 Å². The minimum absolute atomic E-state index is 0.0442. The molecule has 2 aliphatic rings. The van der Waals surface area contributed by atoms with Crippen molar-refractivity contribution < 1.29 is 14.0 Å². The topological polar surface area (TPSA) is 52.7 Å². The number of likely N-dealkylation sites (tertiary alicyclic amines) is 1. The van der Waals surface area contributed by atoms with Crippen LogP contribution in [0.5, 0.6) is 0 Å². The number of anilines is 1. The Morgan fingerprint density at radius 1 is 1.26 bits per heavy atom. The first-order valence-corrected chi connectivity index (χ1v) is 8.00. The smallest absolute Gasteiger partial charge is 0.317 e. The fraction of sp³-hybridized carbons (Fsp3) is 0.529. The van der Waals surface area contributed by atoms with Crippen molar-refractivity contribution in [3.05, 3.63) is 30.1 Å². The predicted octanol–water partition coefficient (Wildman–Crippen LogP) is 2.37. The van der Waals surface area contributed by atoms with Gasteiger partial charge in [-0.25, -0.2) is 9.18 Å².